The molecule has 0 heterocycles. The maximum Gasteiger partial charge on any atom is 0.252 e. The fourth-order valence-corrected chi connectivity index (χ4v) is 2.81. The van der Waals surface area contributed by atoms with Gasteiger partial charge in [-0.15, -0.1) is 0 Å². The van der Waals surface area contributed by atoms with Crippen molar-refractivity contribution in [3.05, 3.63) is 35.4 Å². The summed E-state index contributed by atoms with van der Waals surface area (Å²) in [6.07, 6.45) is 4.45. The number of nitrogens with two attached hydrogens (primary N) is 1. The monoisotopic (exact) mass is 275 g/mol. The Kier molecular flexibility index (Phi) is 4.27. The molecule has 0 atom stereocenters. The molecule has 1 saturated carbocycles. The van der Waals surface area contributed by atoms with Crippen LogP contribution in [-0.2, 0) is 0 Å². The van der Waals surface area contributed by atoms with Gasteiger partial charge in [-0.25, -0.2) is 0 Å². The van der Waals surface area contributed by atoms with Crippen LogP contribution in [0.1, 0.15) is 48.0 Å². The Morgan fingerprint density at radius 2 is 1.95 bits per heavy atom. The molecule has 0 radical (unpaired) electrons. The van der Waals surface area contributed by atoms with Crippen molar-refractivity contribution < 1.29 is 10.0 Å². The third-order valence-corrected chi connectivity index (χ3v) is 4.05. The molecule has 1 aliphatic rings. The minimum Gasteiger partial charge on any atom is -0.409 e. The van der Waals surface area contributed by atoms with E-state index in [1.54, 1.807) is 6.07 Å². The Bertz CT molecular complexity index is 520. The Hall–Kier alpha value is -2.04. The summed E-state index contributed by atoms with van der Waals surface area (Å²) < 4.78 is 0. The van der Waals surface area contributed by atoms with Crippen LogP contribution in [0.2, 0.25) is 0 Å². The molecule has 0 unspecified atom stereocenters. The largest absolute Gasteiger partial charge is 0.409 e. The van der Waals surface area contributed by atoms with E-state index in [0.717, 1.165) is 24.8 Å². The Morgan fingerprint density at radius 1 is 1.30 bits per heavy atom. The first-order valence-corrected chi connectivity index (χ1v) is 6.95. The van der Waals surface area contributed by atoms with Crippen LogP contribution < -0.4 is 11.1 Å². The number of amidine groups is 1. The van der Waals surface area contributed by atoms with E-state index >= 15 is 0 Å². The van der Waals surface area contributed by atoms with E-state index in [1.165, 1.54) is 0 Å². The predicted octanol–water partition coefficient (Wildman–Crippen LogP) is 2.17. The highest BCUT2D eigenvalue weighted by atomic mass is 16.4. The standard InChI is InChI=1S/C15H21N3O2/c1-11-7-3-4-8-12(11)13(19)17-15(14(16)18-20)9-5-2-6-10-15/h3-4,7-8,20H,2,5-6,9-10H2,1H3,(H2,16,18)(H,17,19). The predicted molar refractivity (Wildman–Crippen MR) is 77.9 cm³/mol. The molecular formula is C15H21N3O2. The van der Waals surface area contributed by atoms with Gasteiger partial charge >= 0.3 is 0 Å². The molecule has 5 nitrogen and oxygen atoms in total. The van der Waals surface area contributed by atoms with Crippen molar-refractivity contribution >= 4 is 11.7 Å². The normalized spacial score (nSPS) is 18.6. The first kappa shape index (κ1) is 14.4. The summed E-state index contributed by atoms with van der Waals surface area (Å²) in [6.45, 7) is 1.89. The van der Waals surface area contributed by atoms with Gasteiger partial charge in [0, 0.05) is 5.56 Å². The topological polar surface area (TPSA) is 87.7 Å². The van der Waals surface area contributed by atoms with Gasteiger partial charge in [-0.2, -0.15) is 0 Å². The lowest BCUT2D eigenvalue weighted by Crippen LogP contribution is -2.58. The van der Waals surface area contributed by atoms with Gasteiger partial charge in [-0.05, 0) is 31.4 Å². The molecule has 1 amide bonds. The summed E-state index contributed by atoms with van der Waals surface area (Å²) in [5.74, 6) is -0.0734. The second kappa shape index (κ2) is 5.94. The zero-order valence-electron chi connectivity index (χ0n) is 11.7. The Morgan fingerprint density at radius 3 is 2.55 bits per heavy atom. The van der Waals surface area contributed by atoms with Crippen LogP contribution in [0.25, 0.3) is 0 Å². The SMILES string of the molecule is Cc1ccccc1C(=O)NC1(/C(N)=N/O)CCCCC1. The Labute approximate surface area is 118 Å². The molecule has 5 heteroatoms. The van der Waals surface area contributed by atoms with E-state index < -0.39 is 5.54 Å². The fourth-order valence-electron chi connectivity index (χ4n) is 2.81. The lowest BCUT2D eigenvalue weighted by Gasteiger charge is -2.36. The molecule has 4 N–H and O–H groups in total. The van der Waals surface area contributed by atoms with Crippen molar-refractivity contribution in [2.24, 2.45) is 10.9 Å². The zero-order valence-corrected chi connectivity index (χ0v) is 11.7. The first-order chi connectivity index (χ1) is 9.59. The van der Waals surface area contributed by atoms with E-state index in [2.05, 4.69) is 10.5 Å². The molecule has 1 aromatic carbocycles. The molecule has 20 heavy (non-hydrogen) atoms. The number of benzene rings is 1. The quantitative estimate of drug-likeness (QED) is 0.342. The molecule has 0 bridgehead atoms. The fraction of sp³-hybridized carbons (Fsp3) is 0.467. The number of aryl methyl sites for hydroxylation is 1. The number of amides is 1. The second-order valence-electron chi connectivity index (χ2n) is 5.40. The maximum atomic E-state index is 12.5. The second-order valence-corrected chi connectivity index (χ2v) is 5.40. The van der Waals surface area contributed by atoms with E-state index in [9.17, 15) is 4.79 Å². The van der Waals surface area contributed by atoms with E-state index in [-0.39, 0.29) is 11.7 Å². The van der Waals surface area contributed by atoms with E-state index in [4.69, 9.17) is 10.9 Å². The molecule has 1 aliphatic carbocycles. The number of hydrogen-bond acceptors (Lipinski definition) is 3. The minimum absolute atomic E-state index is 0.0964. The van der Waals surface area contributed by atoms with E-state index in [1.807, 2.05) is 25.1 Å². The maximum absolute atomic E-state index is 12.5. The van der Waals surface area contributed by atoms with Gasteiger partial charge in [0.15, 0.2) is 5.84 Å². The molecule has 0 aliphatic heterocycles. The van der Waals surface area contributed by atoms with Gasteiger partial charge in [-0.1, -0.05) is 42.6 Å². The molecule has 108 valence electrons. The van der Waals surface area contributed by atoms with Crippen molar-refractivity contribution in [2.75, 3.05) is 0 Å². The van der Waals surface area contributed by atoms with Gasteiger partial charge in [0.1, 0.15) is 5.54 Å². The van der Waals surface area contributed by atoms with Crippen LogP contribution in [-0.4, -0.2) is 22.5 Å². The zero-order chi connectivity index (χ0) is 14.6. The van der Waals surface area contributed by atoms with Crippen LogP contribution in [0, 0.1) is 6.92 Å². The highest BCUT2D eigenvalue weighted by Crippen LogP contribution is 2.29. The lowest BCUT2D eigenvalue weighted by atomic mass is 9.80. The highest BCUT2D eigenvalue weighted by Gasteiger charge is 2.38. The van der Waals surface area contributed by atoms with Crippen LogP contribution in [0.15, 0.2) is 29.4 Å². The number of carbonyl (C=O) groups excluding carboxylic acids is 1. The first-order valence-electron chi connectivity index (χ1n) is 6.95. The van der Waals surface area contributed by atoms with Crippen molar-refractivity contribution in [1.82, 2.24) is 5.32 Å². The van der Waals surface area contributed by atoms with Gasteiger partial charge in [-0.3, -0.25) is 4.79 Å². The number of hydrogen-bond donors (Lipinski definition) is 3. The van der Waals surface area contributed by atoms with Crippen molar-refractivity contribution in [3.8, 4) is 0 Å². The number of carbonyl (C=O) groups is 1. The minimum atomic E-state index is -0.716. The summed E-state index contributed by atoms with van der Waals surface area (Å²) in [5.41, 5.74) is 6.66. The molecular weight excluding hydrogens is 254 g/mol. The summed E-state index contributed by atoms with van der Waals surface area (Å²) in [7, 11) is 0. The smallest absolute Gasteiger partial charge is 0.252 e. The van der Waals surface area contributed by atoms with E-state index in [0.29, 0.717) is 18.4 Å². The highest BCUT2D eigenvalue weighted by molar-refractivity contribution is 6.01. The van der Waals surface area contributed by atoms with Gasteiger partial charge in [0.25, 0.3) is 5.91 Å². The number of rotatable bonds is 3. The molecule has 0 saturated heterocycles. The Balaban J connectivity index is 2.24. The number of nitrogens with zero attached hydrogens (tertiary/aromatic N) is 1. The molecule has 0 aromatic heterocycles. The average Bonchev–Trinajstić information content (AvgIpc) is 2.47. The number of oxime groups is 1. The number of nitrogens with one attached hydrogen (secondary N) is 1. The van der Waals surface area contributed by atoms with Crippen LogP contribution in [0.5, 0.6) is 0 Å². The van der Waals surface area contributed by atoms with Gasteiger partial charge in [0.05, 0.1) is 0 Å². The van der Waals surface area contributed by atoms with Crippen molar-refractivity contribution in [1.29, 1.82) is 0 Å². The lowest BCUT2D eigenvalue weighted by molar-refractivity contribution is 0.0905. The summed E-state index contributed by atoms with van der Waals surface area (Å²) >= 11 is 0. The molecule has 0 spiro atoms. The summed E-state index contributed by atoms with van der Waals surface area (Å²) in [5, 5.41) is 15.1. The molecule has 1 aromatic rings. The van der Waals surface area contributed by atoms with Gasteiger partial charge in [0.2, 0.25) is 0 Å². The van der Waals surface area contributed by atoms with Gasteiger partial charge < -0.3 is 16.3 Å². The van der Waals surface area contributed by atoms with Crippen LogP contribution in [0.3, 0.4) is 0 Å². The third-order valence-electron chi connectivity index (χ3n) is 4.05. The summed E-state index contributed by atoms with van der Waals surface area (Å²) in [6, 6.07) is 7.41. The van der Waals surface area contributed by atoms with Crippen molar-refractivity contribution in [2.45, 2.75) is 44.6 Å². The van der Waals surface area contributed by atoms with Crippen LogP contribution in [0.4, 0.5) is 0 Å². The molecule has 2 rings (SSSR count). The van der Waals surface area contributed by atoms with Crippen LogP contribution >= 0.6 is 0 Å². The third kappa shape index (κ3) is 2.76. The summed E-state index contributed by atoms with van der Waals surface area (Å²) in [4.78, 5) is 12.5. The van der Waals surface area contributed by atoms with Crippen molar-refractivity contribution in [3.63, 3.8) is 0 Å². The average molecular weight is 275 g/mol. The molecule has 1 fully saturated rings.